The van der Waals surface area contributed by atoms with E-state index in [0.29, 0.717) is 18.2 Å². The fourth-order valence-corrected chi connectivity index (χ4v) is 1.97. The maximum absolute atomic E-state index is 5.75. The maximum atomic E-state index is 5.75. The number of rotatable bonds is 4. The second kappa shape index (κ2) is 5.47. The van der Waals surface area contributed by atoms with Gasteiger partial charge < -0.3 is 9.47 Å². The van der Waals surface area contributed by atoms with Crippen LogP contribution in [0.15, 0.2) is 16.6 Å². The summed E-state index contributed by atoms with van der Waals surface area (Å²) in [5, 5.41) is 0. The molecule has 0 aliphatic carbocycles. The molecular formula is C10H12BrClO2. The van der Waals surface area contributed by atoms with E-state index in [0.717, 1.165) is 15.8 Å². The molecule has 0 aliphatic rings. The number of hydrogen-bond acceptors (Lipinski definition) is 2. The Balaban J connectivity index is 3.13. The Morgan fingerprint density at radius 3 is 2.64 bits per heavy atom. The lowest BCUT2D eigenvalue weighted by Crippen LogP contribution is -1.97. The van der Waals surface area contributed by atoms with Crippen LogP contribution in [-0.4, -0.2) is 13.7 Å². The summed E-state index contributed by atoms with van der Waals surface area (Å²) in [7, 11) is 1.61. The van der Waals surface area contributed by atoms with Gasteiger partial charge in [0.15, 0.2) is 11.5 Å². The highest BCUT2D eigenvalue weighted by molar-refractivity contribution is 9.10. The largest absolute Gasteiger partial charge is 0.492 e. The number of hydrogen-bond donors (Lipinski definition) is 0. The van der Waals surface area contributed by atoms with E-state index < -0.39 is 0 Å². The third-order valence-corrected chi connectivity index (χ3v) is 2.63. The first-order valence-electron chi connectivity index (χ1n) is 4.28. The van der Waals surface area contributed by atoms with Gasteiger partial charge in [-0.15, -0.1) is 11.6 Å². The van der Waals surface area contributed by atoms with E-state index >= 15 is 0 Å². The normalized spacial score (nSPS) is 10.0. The molecule has 0 saturated heterocycles. The zero-order valence-corrected chi connectivity index (χ0v) is 10.5. The lowest BCUT2D eigenvalue weighted by Gasteiger charge is -2.12. The molecule has 0 radical (unpaired) electrons. The minimum atomic E-state index is 0.461. The van der Waals surface area contributed by atoms with Crippen LogP contribution in [0.1, 0.15) is 12.5 Å². The fraction of sp³-hybridized carbons (Fsp3) is 0.400. The molecule has 1 aromatic carbocycles. The molecule has 0 unspecified atom stereocenters. The van der Waals surface area contributed by atoms with Crippen LogP contribution in [-0.2, 0) is 5.88 Å². The molecule has 4 heteroatoms. The number of alkyl halides is 1. The standard InChI is InChI=1S/C10H12BrClO2/c1-3-14-9-5-7(6-12)4-8(11)10(9)13-2/h4-5H,3,6H2,1-2H3. The first kappa shape index (κ1) is 11.7. The van der Waals surface area contributed by atoms with E-state index in [4.69, 9.17) is 21.1 Å². The van der Waals surface area contributed by atoms with Crippen molar-refractivity contribution in [3.8, 4) is 11.5 Å². The van der Waals surface area contributed by atoms with Gasteiger partial charge in [-0.3, -0.25) is 0 Å². The highest BCUT2D eigenvalue weighted by Crippen LogP contribution is 2.36. The number of methoxy groups -OCH3 is 1. The molecule has 0 aliphatic heterocycles. The highest BCUT2D eigenvalue weighted by Gasteiger charge is 2.10. The van der Waals surface area contributed by atoms with Crippen molar-refractivity contribution in [1.29, 1.82) is 0 Å². The van der Waals surface area contributed by atoms with E-state index in [1.807, 2.05) is 19.1 Å². The molecular weight excluding hydrogens is 267 g/mol. The van der Waals surface area contributed by atoms with E-state index in [1.54, 1.807) is 7.11 Å². The molecule has 0 amide bonds. The molecule has 0 fully saturated rings. The van der Waals surface area contributed by atoms with Crippen LogP contribution < -0.4 is 9.47 Å². The summed E-state index contributed by atoms with van der Waals surface area (Å²) in [5.74, 6) is 1.89. The van der Waals surface area contributed by atoms with Gasteiger partial charge in [-0.25, -0.2) is 0 Å². The quantitative estimate of drug-likeness (QED) is 0.784. The average molecular weight is 280 g/mol. The number of ether oxygens (including phenoxy) is 2. The van der Waals surface area contributed by atoms with Crippen LogP contribution in [0.4, 0.5) is 0 Å². The highest BCUT2D eigenvalue weighted by atomic mass is 79.9. The van der Waals surface area contributed by atoms with Crippen molar-refractivity contribution >= 4 is 27.5 Å². The van der Waals surface area contributed by atoms with Crippen molar-refractivity contribution in [3.63, 3.8) is 0 Å². The first-order chi connectivity index (χ1) is 6.72. The fourth-order valence-electron chi connectivity index (χ4n) is 1.16. The molecule has 0 N–H and O–H groups in total. The summed E-state index contributed by atoms with van der Waals surface area (Å²) in [6.07, 6.45) is 0. The van der Waals surface area contributed by atoms with Crippen molar-refractivity contribution in [3.05, 3.63) is 22.2 Å². The molecule has 1 rings (SSSR count). The monoisotopic (exact) mass is 278 g/mol. The second-order valence-corrected chi connectivity index (χ2v) is 3.80. The molecule has 0 spiro atoms. The predicted molar refractivity (Wildman–Crippen MR) is 61.4 cm³/mol. The van der Waals surface area contributed by atoms with Gasteiger partial charge in [0, 0.05) is 5.88 Å². The Morgan fingerprint density at radius 2 is 2.14 bits per heavy atom. The Labute approximate surface area is 97.3 Å². The Bertz CT molecular complexity index is 315. The number of benzene rings is 1. The van der Waals surface area contributed by atoms with Gasteiger partial charge in [0.2, 0.25) is 0 Å². The summed E-state index contributed by atoms with van der Waals surface area (Å²) >= 11 is 9.15. The van der Waals surface area contributed by atoms with Crippen LogP contribution >= 0.6 is 27.5 Å². The van der Waals surface area contributed by atoms with E-state index in [2.05, 4.69) is 15.9 Å². The average Bonchev–Trinajstić information content (AvgIpc) is 2.18. The SMILES string of the molecule is CCOc1cc(CCl)cc(Br)c1OC. The van der Waals surface area contributed by atoms with Gasteiger partial charge in [-0.05, 0) is 40.5 Å². The predicted octanol–water partition coefficient (Wildman–Crippen LogP) is 3.60. The molecule has 2 nitrogen and oxygen atoms in total. The van der Waals surface area contributed by atoms with Crippen LogP contribution in [0.3, 0.4) is 0 Å². The van der Waals surface area contributed by atoms with Crippen molar-refractivity contribution in [2.45, 2.75) is 12.8 Å². The van der Waals surface area contributed by atoms with E-state index in [-0.39, 0.29) is 0 Å². The summed E-state index contributed by atoms with van der Waals surface area (Å²) in [6, 6.07) is 3.81. The van der Waals surface area contributed by atoms with E-state index in [9.17, 15) is 0 Å². The third-order valence-electron chi connectivity index (χ3n) is 1.73. The van der Waals surface area contributed by atoms with Gasteiger partial charge in [-0.2, -0.15) is 0 Å². The smallest absolute Gasteiger partial charge is 0.174 e. The molecule has 0 atom stereocenters. The van der Waals surface area contributed by atoms with Gasteiger partial charge in [0.05, 0.1) is 18.2 Å². The van der Waals surface area contributed by atoms with Gasteiger partial charge in [-0.1, -0.05) is 0 Å². The topological polar surface area (TPSA) is 18.5 Å². The van der Waals surface area contributed by atoms with Crippen LogP contribution in [0.2, 0.25) is 0 Å². The van der Waals surface area contributed by atoms with Gasteiger partial charge in [0.1, 0.15) is 0 Å². The lowest BCUT2D eigenvalue weighted by molar-refractivity contribution is 0.309. The minimum absolute atomic E-state index is 0.461. The second-order valence-electron chi connectivity index (χ2n) is 2.68. The first-order valence-corrected chi connectivity index (χ1v) is 5.60. The molecule has 0 aromatic heterocycles. The Hall–Kier alpha value is -0.410. The maximum Gasteiger partial charge on any atom is 0.174 e. The van der Waals surface area contributed by atoms with Crippen LogP contribution in [0.25, 0.3) is 0 Å². The third kappa shape index (κ3) is 2.55. The Kier molecular flexibility index (Phi) is 4.55. The van der Waals surface area contributed by atoms with Crippen LogP contribution in [0, 0.1) is 0 Å². The molecule has 0 heterocycles. The molecule has 1 aromatic rings. The summed E-state index contributed by atoms with van der Waals surface area (Å²) in [5.41, 5.74) is 1.00. The zero-order valence-electron chi connectivity index (χ0n) is 8.14. The molecule has 0 saturated carbocycles. The van der Waals surface area contributed by atoms with Crippen molar-refractivity contribution in [2.24, 2.45) is 0 Å². The van der Waals surface area contributed by atoms with Crippen molar-refractivity contribution in [2.75, 3.05) is 13.7 Å². The molecule has 14 heavy (non-hydrogen) atoms. The summed E-state index contributed by atoms with van der Waals surface area (Å²) in [6.45, 7) is 2.54. The lowest BCUT2D eigenvalue weighted by atomic mass is 10.2. The van der Waals surface area contributed by atoms with Crippen LogP contribution in [0.5, 0.6) is 11.5 Å². The number of halogens is 2. The zero-order chi connectivity index (χ0) is 10.6. The van der Waals surface area contributed by atoms with Gasteiger partial charge in [0.25, 0.3) is 0 Å². The van der Waals surface area contributed by atoms with Crippen molar-refractivity contribution < 1.29 is 9.47 Å². The molecule has 0 bridgehead atoms. The summed E-state index contributed by atoms with van der Waals surface area (Å²) in [4.78, 5) is 0. The minimum Gasteiger partial charge on any atom is -0.492 e. The molecule has 78 valence electrons. The van der Waals surface area contributed by atoms with Crippen molar-refractivity contribution in [1.82, 2.24) is 0 Å². The van der Waals surface area contributed by atoms with E-state index in [1.165, 1.54) is 0 Å². The van der Waals surface area contributed by atoms with Gasteiger partial charge >= 0.3 is 0 Å². The summed E-state index contributed by atoms with van der Waals surface area (Å²) < 4.78 is 11.5. The Morgan fingerprint density at radius 1 is 1.43 bits per heavy atom.